The lowest BCUT2D eigenvalue weighted by molar-refractivity contribution is 0.276. The first-order valence-corrected chi connectivity index (χ1v) is 6.42. The van der Waals surface area contributed by atoms with Crippen LogP contribution >= 0.6 is 12.4 Å². The SMILES string of the molecule is Cl.NC(CCO)c1ccc(OCc2ccccc2)cc1. The Bertz CT molecular complexity index is 488. The minimum absolute atomic E-state index is 0. The van der Waals surface area contributed by atoms with Crippen LogP contribution < -0.4 is 10.5 Å². The Morgan fingerprint density at radius 3 is 2.25 bits per heavy atom. The van der Waals surface area contributed by atoms with E-state index >= 15 is 0 Å². The van der Waals surface area contributed by atoms with Crippen LogP contribution in [0.3, 0.4) is 0 Å². The van der Waals surface area contributed by atoms with Crippen molar-refractivity contribution in [3.63, 3.8) is 0 Å². The van der Waals surface area contributed by atoms with Crippen molar-refractivity contribution in [3.05, 3.63) is 65.7 Å². The topological polar surface area (TPSA) is 55.5 Å². The standard InChI is InChI=1S/C16H19NO2.ClH/c17-16(10-11-18)14-6-8-15(9-7-14)19-12-13-4-2-1-3-5-13;/h1-9,16,18H,10-12,17H2;1H. The van der Waals surface area contributed by atoms with Crippen LogP contribution in [0.4, 0.5) is 0 Å². The van der Waals surface area contributed by atoms with Crippen LogP contribution in [0.2, 0.25) is 0 Å². The van der Waals surface area contributed by atoms with Gasteiger partial charge in [0.15, 0.2) is 0 Å². The summed E-state index contributed by atoms with van der Waals surface area (Å²) in [4.78, 5) is 0. The second-order valence-corrected chi connectivity index (χ2v) is 4.46. The average Bonchev–Trinajstić information content (AvgIpc) is 2.47. The third-order valence-corrected chi connectivity index (χ3v) is 3.00. The van der Waals surface area contributed by atoms with Gasteiger partial charge in [-0.3, -0.25) is 0 Å². The summed E-state index contributed by atoms with van der Waals surface area (Å²) in [5.41, 5.74) is 8.08. The number of ether oxygens (including phenoxy) is 1. The van der Waals surface area contributed by atoms with Crippen molar-refractivity contribution in [2.75, 3.05) is 6.61 Å². The molecule has 0 bridgehead atoms. The Morgan fingerprint density at radius 2 is 1.65 bits per heavy atom. The first-order chi connectivity index (χ1) is 9.29. The van der Waals surface area contributed by atoms with Gasteiger partial charge >= 0.3 is 0 Å². The minimum atomic E-state index is -0.117. The Labute approximate surface area is 125 Å². The largest absolute Gasteiger partial charge is 0.489 e. The summed E-state index contributed by atoms with van der Waals surface area (Å²) in [5, 5.41) is 8.86. The molecule has 4 heteroatoms. The van der Waals surface area contributed by atoms with Gasteiger partial charge in [0.05, 0.1) is 0 Å². The Hall–Kier alpha value is -1.55. The molecule has 20 heavy (non-hydrogen) atoms. The van der Waals surface area contributed by atoms with E-state index < -0.39 is 0 Å². The fourth-order valence-corrected chi connectivity index (χ4v) is 1.86. The van der Waals surface area contributed by atoms with Crippen molar-refractivity contribution in [3.8, 4) is 5.75 Å². The maximum Gasteiger partial charge on any atom is 0.119 e. The molecule has 1 unspecified atom stereocenters. The van der Waals surface area contributed by atoms with Crippen molar-refractivity contribution in [2.45, 2.75) is 19.1 Å². The first kappa shape index (κ1) is 16.5. The predicted molar refractivity (Wildman–Crippen MR) is 83.1 cm³/mol. The van der Waals surface area contributed by atoms with Gasteiger partial charge in [-0.25, -0.2) is 0 Å². The normalized spacial score (nSPS) is 11.5. The van der Waals surface area contributed by atoms with E-state index in [0.717, 1.165) is 16.9 Å². The molecule has 0 aliphatic heterocycles. The number of nitrogens with two attached hydrogens (primary N) is 1. The molecule has 108 valence electrons. The number of aliphatic hydroxyl groups is 1. The van der Waals surface area contributed by atoms with Crippen molar-refractivity contribution >= 4 is 12.4 Å². The lowest BCUT2D eigenvalue weighted by Crippen LogP contribution is -2.11. The lowest BCUT2D eigenvalue weighted by Gasteiger charge is -2.11. The average molecular weight is 294 g/mol. The molecular weight excluding hydrogens is 274 g/mol. The molecular formula is C16H20ClNO2. The highest BCUT2D eigenvalue weighted by atomic mass is 35.5. The molecule has 0 aromatic heterocycles. The Kier molecular flexibility index (Phi) is 7.09. The highest BCUT2D eigenvalue weighted by molar-refractivity contribution is 5.85. The highest BCUT2D eigenvalue weighted by Crippen LogP contribution is 2.19. The van der Waals surface area contributed by atoms with Gasteiger partial charge in [0.1, 0.15) is 12.4 Å². The molecule has 2 aromatic carbocycles. The third-order valence-electron chi connectivity index (χ3n) is 3.00. The molecule has 0 aliphatic carbocycles. The van der Waals surface area contributed by atoms with Gasteiger partial charge in [-0.15, -0.1) is 12.4 Å². The molecule has 2 rings (SSSR count). The summed E-state index contributed by atoms with van der Waals surface area (Å²) in [6, 6.07) is 17.6. The van der Waals surface area contributed by atoms with Crippen molar-refractivity contribution in [1.82, 2.24) is 0 Å². The molecule has 0 radical (unpaired) electrons. The van der Waals surface area contributed by atoms with Crippen molar-refractivity contribution in [2.24, 2.45) is 5.73 Å². The van der Waals surface area contributed by atoms with E-state index in [9.17, 15) is 0 Å². The zero-order chi connectivity index (χ0) is 13.5. The molecule has 2 aromatic rings. The maximum atomic E-state index is 8.86. The number of aliphatic hydroxyl groups excluding tert-OH is 1. The Balaban J connectivity index is 0.00000200. The smallest absolute Gasteiger partial charge is 0.119 e. The predicted octanol–water partition coefficient (Wildman–Crippen LogP) is 3.07. The second-order valence-electron chi connectivity index (χ2n) is 4.46. The molecule has 0 amide bonds. The summed E-state index contributed by atoms with van der Waals surface area (Å²) >= 11 is 0. The molecule has 0 aliphatic rings. The highest BCUT2D eigenvalue weighted by Gasteiger charge is 2.05. The summed E-state index contributed by atoms with van der Waals surface area (Å²) in [5.74, 6) is 0.823. The van der Waals surface area contributed by atoms with Crippen LogP contribution in [0.5, 0.6) is 5.75 Å². The zero-order valence-corrected chi connectivity index (χ0v) is 12.1. The van der Waals surface area contributed by atoms with E-state index in [-0.39, 0.29) is 25.1 Å². The van der Waals surface area contributed by atoms with Gasteiger partial charge in [0.25, 0.3) is 0 Å². The number of hydrogen-bond donors (Lipinski definition) is 2. The maximum absolute atomic E-state index is 8.86. The summed E-state index contributed by atoms with van der Waals surface area (Å²) < 4.78 is 5.70. The molecule has 0 saturated heterocycles. The zero-order valence-electron chi connectivity index (χ0n) is 11.2. The number of halogens is 1. The summed E-state index contributed by atoms with van der Waals surface area (Å²) in [7, 11) is 0. The second kappa shape index (κ2) is 8.59. The number of benzene rings is 2. The van der Waals surface area contributed by atoms with Gasteiger partial charge in [0, 0.05) is 12.6 Å². The van der Waals surface area contributed by atoms with Crippen LogP contribution in [-0.4, -0.2) is 11.7 Å². The molecule has 0 fully saturated rings. The fraction of sp³-hybridized carbons (Fsp3) is 0.250. The van der Waals surface area contributed by atoms with E-state index in [1.54, 1.807) is 0 Å². The van der Waals surface area contributed by atoms with Crippen LogP contribution in [0.15, 0.2) is 54.6 Å². The molecule has 3 N–H and O–H groups in total. The quantitative estimate of drug-likeness (QED) is 0.860. The van der Waals surface area contributed by atoms with Crippen molar-refractivity contribution in [1.29, 1.82) is 0 Å². The number of rotatable bonds is 6. The number of hydrogen-bond acceptors (Lipinski definition) is 3. The minimum Gasteiger partial charge on any atom is -0.489 e. The Morgan fingerprint density at radius 1 is 1.00 bits per heavy atom. The monoisotopic (exact) mass is 293 g/mol. The third kappa shape index (κ3) is 4.85. The van der Waals surface area contributed by atoms with Gasteiger partial charge in [-0.05, 0) is 29.7 Å². The van der Waals surface area contributed by atoms with Gasteiger partial charge in [-0.2, -0.15) is 0 Å². The van der Waals surface area contributed by atoms with Gasteiger partial charge in [0.2, 0.25) is 0 Å². The first-order valence-electron chi connectivity index (χ1n) is 6.42. The summed E-state index contributed by atoms with van der Waals surface area (Å²) in [6.07, 6.45) is 0.574. The summed E-state index contributed by atoms with van der Waals surface area (Å²) in [6.45, 7) is 0.663. The van der Waals surface area contributed by atoms with Crippen LogP contribution in [0.1, 0.15) is 23.6 Å². The van der Waals surface area contributed by atoms with Gasteiger partial charge in [-0.1, -0.05) is 42.5 Å². The fourth-order valence-electron chi connectivity index (χ4n) is 1.86. The van der Waals surface area contributed by atoms with E-state index in [1.165, 1.54) is 0 Å². The molecule has 1 atom stereocenters. The molecule has 0 heterocycles. The van der Waals surface area contributed by atoms with E-state index in [1.807, 2.05) is 54.6 Å². The molecule has 0 spiro atoms. The van der Waals surface area contributed by atoms with E-state index in [4.69, 9.17) is 15.6 Å². The molecule has 0 saturated carbocycles. The molecule has 3 nitrogen and oxygen atoms in total. The van der Waals surface area contributed by atoms with E-state index in [2.05, 4.69) is 0 Å². The van der Waals surface area contributed by atoms with Crippen LogP contribution in [0.25, 0.3) is 0 Å². The van der Waals surface area contributed by atoms with Crippen LogP contribution in [-0.2, 0) is 6.61 Å². The van der Waals surface area contributed by atoms with Crippen molar-refractivity contribution < 1.29 is 9.84 Å². The van der Waals surface area contributed by atoms with Crippen LogP contribution in [0, 0.1) is 0 Å². The lowest BCUT2D eigenvalue weighted by atomic mass is 10.1. The van der Waals surface area contributed by atoms with Gasteiger partial charge < -0.3 is 15.6 Å². The van der Waals surface area contributed by atoms with E-state index in [0.29, 0.717) is 13.0 Å².